The number of nitro groups is 1. The molecule has 2 heterocycles. The minimum atomic E-state index is -0.638. The molecule has 0 saturated heterocycles. The molecule has 5 rings (SSSR count). The van der Waals surface area contributed by atoms with Crippen LogP contribution in [0.25, 0.3) is 23.0 Å². The SMILES string of the molecule is CCOc1ccc(-c2nn(-c3ccccc3)cc2/C=C2/C(=O)N(CCc3ccccc3)C(=O)C(C#N)=C2C)cc1[N+](=O)[O-]. The third-order valence-corrected chi connectivity index (χ3v) is 7.08. The Morgan fingerprint density at radius 1 is 1.02 bits per heavy atom. The van der Waals surface area contributed by atoms with Gasteiger partial charge >= 0.3 is 5.69 Å². The standard InChI is InChI=1S/C33H27N5O5/c1-3-43-30-15-14-24(19-29(30)38(41)42)31-25(21-37(35-31)26-12-8-5-9-13-26)18-27-22(2)28(20-34)33(40)36(32(27)39)17-16-23-10-6-4-7-11-23/h4-15,18-19,21H,3,16-17H2,1-2H3/b27-18+. The maximum Gasteiger partial charge on any atom is 0.311 e. The van der Waals surface area contributed by atoms with Crippen molar-refractivity contribution in [1.82, 2.24) is 14.7 Å². The van der Waals surface area contributed by atoms with Crippen LogP contribution in [-0.4, -0.2) is 44.6 Å². The third-order valence-electron chi connectivity index (χ3n) is 7.08. The second-order valence-electron chi connectivity index (χ2n) is 9.75. The molecule has 10 nitrogen and oxygen atoms in total. The lowest BCUT2D eigenvalue weighted by molar-refractivity contribution is -0.385. The van der Waals surface area contributed by atoms with E-state index in [1.54, 1.807) is 36.9 Å². The molecule has 0 N–H and O–H groups in total. The number of aromatic nitrogens is 2. The van der Waals surface area contributed by atoms with Crippen LogP contribution < -0.4 is 4.74 Å². The van der Waals surface area contributed by atoms with Gasteiger partial charge in [0, 0.05) is 35.5 Å². The number of amides is 2. The molecule has 3 aromatic carbocycles. The molecule has 1 aliphatic heterocycles. The van der Waals surface area contributed by atoms with Crippen LogP contribution in [0, 0.1) is 21.4 Å². The van der Waals surface area contributed by atoms with E-state index in [-0.39, 0.29) is 41.3 Å². The molecule has 0 spiro atoms. The van der Waals surface area contributed by atoms with Gasteiger partial charge in [0.05, 0.1) is 17.2 Å². The summed E-state index contributed by atoms with van der Waals surface area (Å²) in [4.78, 5) is 39.4. The average Bonchev–Trinajstić information content (AvgIpc) is 3.44. The minimum absolute atomic E-state index is 0.0959. The van der Waals surface area contributed by atoms with Crippen molar-refractivity contribution >= 4 is 23.6 Å². The number of rotatable bonds is 9. The van der Waals surface area contributed by atoms with Crippen LogP contribution in [0.15, 0.2) is 102 Å². The fourth-order valence-corrected chi connectivity index (χ4v) is 4.89. The Morgan fingerprint density at radius 3 is 2.37 bits per heavy atom. The van der Waals surface area contributed by atoms with E-state index in [1.807, 2.05) is 66.7 Å². The van der Waals surface area contributed by atoms with Crippen LogP contribution in [0.3, 0.4) is 0 Å². The number of nitrogens with zero attached hydrogens (tertiary/aromatic N) is 5. The fourth-order valence-electron chi connectivity index (χ4n) is 4.89. The van der Waals surface area contributed by atoms with Crippen LogP contribution in [-0.2, 0) is 16.0 Å². The number of benzene rings is 3. The lowest BCUT2D eigenvalue weighted by Gasteiger charge is -2.27. The first-order chi connectivity index (χ1) is 20.8. The molecule has 0 atom stereocenters. The van der Waals surface area contributed by atoms with Crippen molar-refractivity contribution in [1.29, 1.82) is 5.26 Å². The van der Waals surface area contributed by atoms with Crippen LogP contribution in [0.2, 0.25) is 0 Å². The second kappa shape index (κ2) is 12.4. The van der Waals surface area contributed by atoms with E-state index in [0.717, 1.165) is 16.2 Å². The maximum absolute atomic E-state index is 13.8. The summed E-state index contributed by atoms with van der Waals surface area (Å²) in [7, 11) is 0. The topological polar surface area (TPSA) is 131 Å². The van der Waals surface area contributed by atoms with Crippen molar-refractivity contribution in [2.45, 2.75) is 20.3 Å². The number of ether oxygens (including phenoxy) is 1. The molecule has 0 aliphatic carbocycles. The van der Waals surface area contributed by atoms with Crippen molar-refractivity contribution in [2.24, 2.45) is 0 Å². The molecule has 1 aliphatic rings. The normalized spacial score (nSPS) is 14.3. The summed E-state index contributed by atoms with van der Waals surface area (Å²) in [6.45, 7) is 3.66. The van der Waals surface area contributed by atoms with E-state index >= 15 is 0 Å². The van der Waals surface area contributed by atoms with Crippen LogP contribution in [0.5, 0.6) is 5.75 Å². The zero-order chi connectivity index (χ0) is 30.5. The highest BCUT2D eigenvalue weighted by atomic mass is 16.6. The summed E-state index contributed by atoms with van der Waals surface area (Å²) < 4.78 is 7.06. The largest absolute Gasteiger partial charge is 0.487 e. The molecule has 0 unspecified atom stereocenters. The summed E-state index contributed by atoms with van der Waals surface area (Å²) in [5, 5.41) is 26.4. The van der Waals surface area contributed by atoms with Gasteiger partial charge in [0.25, 0.3) is 11.8 Å². The van der Waals surface area contributed by atoms with Gasteiger partial charge in [0.1, 0.15) is 17.3 Å². The highest BCUT2D eigenvalue weighted by molar-refractivity contribution is 6.19. The van der Waals surface area contributed by atoms with Gasteiger partial charge in [-0.05, 0) is 61.7 Å². The number of nitriles is 1. The summed E-state index contributed by atoms with van der Waals surface area (Å²) in [6.07, 6.45) is 3.72. The van der Waals surface area contributed by atoms with Crippen LogP contribution >= 0.6 is 0 Å². The summed E-state index contributed by atoms with van der Waals surface area (Å²) in [6, 6.07) is 25.3. The van der Waals surface area contributed by atoms with Gasteiger partial charge < -0.3 is 4.74 Å². The summed E-state index contributed by atoms with van der Waals surface area (Å²) in [5.41, 5.74) is 3.03. The van der Waals surface area contributed by atoms with Gasteiger partial charge in [-0.15, -0.1) is 0 Å². The third kappa shape index (κ3) is 5.83. The molecule has 2 amide bonds. The first-order valence-electron chi connectivity index (χ1n) is 13.6. The average molecular weight is 574 g/mol. The number of carbonyl (C=O) groups excluding carboxylic acids is 2. The molecule has 1 aromatic heterocycles. The molecular formula is C33H27N5O5. The number of imide groups is 1. The van der Waals surface area contributed by atoms with Crippen molar-refractivity contribution in [3.05, 3.63) is 123 Å². The number of nitro benzene ring substituents is 1. The molecule has 0 bridgehead atoms. The Bertz CT molecular complexity index is 1820. The highest BCUT2D eigenvalue weighted by Crippen LogP contribution is 2.35. The summed E-state index contributed by atoms with van der Waals surface area (Å²) in [5.74, 6) is -1.04. The van der Waals surface area contributed by atoms with E-state index in [1.165, 1.54) is 12.1 Å². The molecule has 0 fully saturated rings. The van der Waals surface area contributed by atoms with Gasteiger partial charge in [0.2, 0.25) is 0 Å². The maximum atomic E-state index is 13.8. The Kier molecular flexibility index (Phi) is 8.25. The molecule has 4 aromatic rings. The molecule has 0 radical (unpaired) electrons. The predicted octanol–water partition coefficient (Wildman–Crippen LogP) is 5.68. The van der Waals surface area contributed by atoms with Crippen molar-refractivity contribution in [3.63, 3.8) is 0 Å². The zero-order valence-corrected chi connectivity index (χ0v) is 23.6. The van der Waals surface area contributed by atoms with Crippen LogP contribution in [0.4, 0.5) is 5.69 Å². The van der Waals surface area contributed by atoms with Gasteiger partial charge in [0.15, 0.2) is 5.75 Å². The number of hydrogen-bond donors (Lipinski definition) is 0. The fraction of sp³-hybridized carbons (Fsp3) is 0.152. The predicted molar refractivity (Wildman–Crippen MR) is 160 cm³/mol. The number of para-hydroxylation sites is 1. The van der Waals surface area contributed by atoms with E-state index in [2.05, 4.69) is 0 Å². The van der Waals surface area contributed by atoms with Gasteiger partial charge in [-0.3, -0.25) is 24.6 Å². The Labute approximate surface area is 247 Å². The van der Waals surface area contributed by atoms with Crippen LogP contribution in [0.1, 0.15) is 25.0 Å². The van der Waals surface area contributed by atoms with E-state index in [0.29, 0.717) is 23.2 Å². The highest BCUT2D eigenvalue weighted by Gasteiger charge is 2.35. The van der Waals surface area contributed by atoms with Crippen molar-refractivity contribution in [3.8, 4) is 28.8 Å². The molecule has 10 heteroatoms. The number of carbonyl (C=O) groups is 2. The van der Waals surface area contributed by atoms with Gasteiger partial charge in [-0.25, -0.2) is 4.68 Å². The lowest BCUT2D eigenvalue weighted by Crippen LogP contribution is -2.43. The van der Waals surface area contributed by atoms with Crippen molar-refractivity contribution in [2.75, 3.05) is 13.2 Å². The molecule has 0 saturated carbocycles. The molecule has 214 valence electrons. The Balaban J connectivity index is 1.64. The quantitative estimate of drug-likeness (QED) is 0.109. The van der Waals surface area contributed by atoms with E-state index in [9.17, 15) is 25.0 Å². The lowest BCUT2D eigenvalue weighted by atomic mass is 9.93. The zero-order valence-electron chi connectivity index (χ0n) is 23.6. The van der Waals surface area contributed by atoms with E-state index < -0.39 is 16.7 Å². The summed E-state index contributed by atoms with van der Waals surface area (Å²) >= 11 is 0. The Hall–Kier alpha value is -5.82. The smallest absolute Gasteiger partial charge is 0.311 e. The number of hydrogen-bond acceptors (Lipinski definition) is 7. The molecule has 43 heavy (non-hydrogen) atoms. The van der Waals surface area contributed by atoms with Gasteiger partial charge in [-0.1, -0.05) is 48.5 Å². The van der Waals surface area contributed by atoms with Crippen molar-refractivity contribution < 1.29 is 19.2 Å². The second-order valence-corrected chi connectivity index (χ2v) is 9.75. The van der Waals surface area contributed by atoms with E-state index in [4.69, 9.17) is 9.84 Å². The first-order valence-corrected chi connectivity index (χ1v) is 13.6. The monoisotopic (exact) mass is 573 g/mol. The minimum Gasteiger partial charge on any atom is -0.487 e. The first kappa shape index (κ1) is 28.7. The Morgan fingerprint density at radius 2 is 1.72 bits per heavy atom. The van der Waals surface area contributed by atoms with Gasteiger partial charge in [-0.2, -0.15) is 10.4 Å². The molecular weight excluding hydrogens is 546 g/mol.